The number of rotatable bonds is 2. The quantitative estimate of drug-likeness (QED) is 0.756. The van der Waals surface area contributed by atoms with E-state index in [9.17, 15) is 9.59 Å². The first-order valence-electron chi connectivity index (χ1n) is 4.17. The van der Waals surface area contributed by atoms with E-state index in [0.29, 0.717) is 12.8 Å². The number of hydrogen-bond donors (Lipinski definition) is 2. The Balaban J connectivity index is 2.80. The highest BCUT2D eigenvalue weighted by Gasteiger charge is 2.42. The lowest BCUT2D eigenvalue weighted by Crippen LogP contribution is -2.40. The van der Waals surface area contributed by atoms with Crippen LogP contribution in [0, 0.1) is 11.8 Å². The van der Waals surface area contributed by atoms with Gasteiger partial charge in [0.2, 0.25) is 0 Å². The second kappa shape index (κ2) is 4.61. The molecule has 0 radical (unpaired) electrons. The number of carboxylic acid groups (broad SMARTS) is 2. The summed E-state index contributed by atoms with van der Waals surface area (Å²) in [7, 11) is 0. The SMILES string of the molecule is O=C(O)[C@H]1C[C@@H](Br)[C@@H](Br)C[C@@H]1C(=O)O. The summed E-state index contributed by atoms with van der Waals surface area (Å²) >= 11 is 6.67. The van der Waals surface area contributed by atoms with Crippen LogP contribution in [0.1, 0.15) is 12.8 Å². The Bertz CT molecular complexity index is 230. The number of aliphatic carboxylic acids is 2. The minimum absolute atomic E-state index is 0.0270. The topological polar surface area (TPSA) is 74.6 Å². The van der Waals surface area contributed by atoms with E-state index in [1.165, 1.54) is 0 Å². The van der Waals surface area contributed by atoms with Crippen LogP contribution >= 0.6 is 31.9 Å². The molecule has 0 aromatic rings. The smallest absolute Gasteiger partial charge is 0.307 e. The molecule has 0 heterocycles. The van der Waals surface area contributed by atoms with E-state index < -0.39 is 23.8 Å². The molecule has 0 saturated heterocycles. The Morgan fingerprint density at radius 3 is 1.43 bits per heavy atom. The third-order valence-electron chi connectivity index (χ3n) is 2.47. The second-order valence-electron chi connectivity index (χ2n) is 3.39. The van der Waals surface area contributed by atoms with Crippen LogP contribution in [0.25, 0.3) is 0 Å². The molecule has 14 heavy (non-hydrogen) atoms. The molecule has 4 nitrogen and oxygen atoms in total. The van der Waals surface area contributed by atoms with Crippen molar-refractivity contribution in [2.75, 3.05) is 0 Å². The van der Waals surface area contributed by atoms with Crippen molar-refractivity contribution in [3.63, 3.8) is 0 Å². The van der Waals surface area contributed by atoms with Crippen LogP contribution in [0.15, 0.2) is 0 Å². The number of halogens is 2. The maximum absolute atomic E-state index is 10.8. The van der Waals surface area contributed by atoms with E-state index in [1.807, 2.05) is 0 Å². The fourth-order valence-corrected chi connectivity index (χ4v) is 2.89. The highest BCUT2D eigenvalue weighted by Crippen LogP contribution is 2.37. The fourth-order valence-electron chi connectivity index (χ4n) is 1.65. The number of carbonyl (C=O) groups is 2. The van der Waals surface area contributed by atoms with Crippen molar-refractivity contribution in [1.29, 1.82) is 0 Å². The molecule has 0 aliphatic heterocycles. The van der Waals surface area contributed by atoms with Crippen LogP contribution in [0.4, 0.5) is 0 Å². The molecule has 0 spiro atoms. The summed E-state index contributed by atoms with van der Waals surface area (Å²) in [6.45, 7) is 0. The highest BCUT2D eigenvalue weighted by molar-refractivity contribution is 9.12. The zero-order valence-corrected chi connectivity index (χ0v) is 10.4. The molecule has 6 heteroatoms. The average molecular weight is 330 g/mol. The maximum Gasteiger partial charge on any atom is 0.307 e. The van der Waals surface area contributed by atoms with Crippen LogP contribution in [0.2, 0.25) is 0 Å². The summed E-state index contributed by atoms with van der Waals surface area (Å²) in [5.41, 5.74) is 0. The van der Waals surface area contributed by atoms with Gasteiger partial charge in [-0.15, -0.1) is 0 Å². The molecule has 0 aromatic heterocycles. The Kier molecular flexibility index (Phi) is 3.94. The van der Waals surface area contributed by atoms with E-state index >= 15 is 0 Å². The molecule has 0 bridgehead atoms. The van der Waals surface area contributed by atoms with Crippen LogP contribution in [0.3, 0.4) is 0 Å². The normalized spacial score (nSPS) is 37.9. The predicted octanol–water partition coefficient (Wildman–Crippen LogP) is 1.71. The summed E-state index contributed by atoms with van der Waals surface area (Å²) in [6.07, 6.45) is 0.699. The molecule has 1 saturated carbocycles. The third kappa shape index (κ3) is 2.48. The Morgan fingerprint density at radius 2 is 1.21 bits per heavy atom. The predicted molar refractivity (Wildman–Crippen MR) is 56.9 cm³/mol. The molecular weight excluding hydrogens is 320 g/mol. The Labute approximate surface area is 97.9 Å². The van der Waals surface area contributed by atoms with Crippen LogP contribution < -0.4 is 0 Å². The molecule has 0 amide bonds. The minimum Gasteiger partial charge on any atom is -0.481 e. The van der Waals surface area contributed by atoms with Crippen molar-refractivity contribution in [3.8, 4) is 0 Å². The van der Waals surface area contributed by atoms with Crippen molar-refractivity contribution in [2.24, 2.45) is 11.8 Å². The van der Waals surface area contributed by atoms with Gasteiger partial charge in [0.15, 0.2) is 0 Å². The van der Waals surface area contributed by atoms with Gasteiger partial charge in [0, 0.05) is 9.65 Å². The van der Waals surface area contributed by atoms with Gasteiger partial charge < -0.3 is 10.2 Å². The molecule has 1 aliphatic carbocycles. The van der Waals surface area contributed by atoms with Gasteiger partial charge in [-0.3, -0.25) is 9.59 Å². The molecule has 1 aliphatic rings. The van der Waals surface area contributed by atoms with Gasteiger partial charge in [-0.1, -0.05) is 31.9 Å². The highest BCUT2D eigenvalue weighted by atomic mass is 79.9. The molecule has 1 rings (SSSR count). The number of hydrogen-bond acceptors (Lipinski definition) is 2. The summed E-state index contributed by atoms with van der Waals surface area (Å²) < 4.78 is 0. The first kappa shape index (κ1) is 12.0. The fraction of sp³-hybridized carbons (Fsp3) is 0.750. The lowest BCUT2D eigenvalue weighted by atomic mass is 9.79. The van der Waals surface area contributed by atoms with Gasteiger partial charge >= 0.3 is 11.9 Å². The summed E-state index contributed by atoms with van der Waals surface area (Å²) in [6, 6.07) is 0. The van der Waals surface area contributed by atoms with E-state index in [2.05, 4.69) is 31.9 Å². The largest absolute Gasteiger partial charge is 0.481 e. The molecule has 4 atom stereocenters. The van der Waals surface area contributed by atoms with E-state index in [1.54, 1.807) is 0 Å². The van der Waals surface area contributed by atoms with E-state index in [4.69, 9.17) is 10.2 Å². The number of alkyl halides is 2. The average Bonchev–Trinajstić information content (AvgIpc) is 2.08. The van der Waals surface area contributed by atoms with Crippen molar-refractivity contribution in [1.82, 2.24) is 0 Å². The van der Waals surface area contributed by atoms with E-state index in [-0.39, 0.29) is 9.65 Å². The van der Waals surface area contributed by atoms with Crippen LogP contribution in [0.5, 0.6) is 0 Å². The van der Waals surface area contributed by atoms with Crippen LogP contribution in [-0.2, 0) is 9.59 Å². The van der Waals surface area contributed by atoms with Gasteiger partial charge in [-0.25, -0.2) is 0 Å². The molecular formula is C8H10Br2O4. The lowest BCUT2D eigenvalue weighted by molar-refractivity contribution is -0.155. The van der Waals surface area contributed by atoms with Gasteiger partial charge in [0.05, 0.1) is 11.8 Å². The molecule has 1 fully saturated rings. The lowest BCUT2D eigenvalue weighted by Gasteiger charge is -2.32. The second-order valence-corrected chi connectivity index (χ2v) is 5.75. The Morgan fingerprint density at radius 1 is 0.929 bits per heavy atom. The maximum atomic E-state index is 10.8. The standard InChI is InChI=1S/C8H10Br2O4/c9-5-1-3(7(11)12)4(8(13)14)2-6(5)10/h3-6H,1-2H2,(H,11,12)(H,13,14)/t3-,4-,5-,6+/m0/s1. The first-order valence-corrected chi connectivity index (χ1v) is 6.00. The zero-order chi connectivity index (χ0) is 10.9. The third-order valence-corrected chi connectivity index (χ3v) is 5.20. The van der Waals surface area contributed by atoms with Crippen LogP contribution in [-0.4, -0.2) is 31.8 Å². The van der Waals surface area contributed by atoms with Crippen molar-refractivity contribution in [3.05, 3.63) is 0 Å². The minimum atomic E-state index is -1.03. The first-order chi connectivity index (χ1) is 6.43. The van der Waals surface area contributed by atoms with Gasteiger partial charge in [-0.2, -0.15) is 0 Å². The number of carboxylic acids is 2. The molecule has 80 valence electrons. The molecule has 0 aromatic carbocycles. The molecule has 2 N–H and O–H groups in total. The summed E-state index contributed by atoms with van der Waals surface area (Å²) in [4.78, 5) is 21.7. The Hall–Kier alpha value is -0.100. The van der Waals surface area contributed by atoms with Crippen molar-refractivity contribution < 1.29 is 19.8 Å². The van der Waals surface area contributed by atoms with Gasteiger partial charge in [-0.05, 0) is 12.8 Å². The molecule has 0 unspecified atom stereocenters. The van der Waals surface area contributed by atoms with Crippen molar-refractivity contribution in [2.45, 2.75) is 22.5 Å². The van der Waals surface area contributed by atoms with Gasteiger partial charge in [0.1, 0.15) is 0 Å². The zero-order valence-electron chi connectivity index (χ0n) is 7.19. The summed E-state index contributed by atoms with van der Waals surface area (Å²) in [5, 5.41) is 17.7. The van der Waals surface area contributed by atoms with Gasteiger partial charge in [0.25, 0.3) is 0 Å². The van der Waals surface area contributed by atoms with Crippen molar-refractivity contribution >= 4 is 43.8 Å². The summed E-state index contributed by atoms with van der Waals surface area (Å²) in [5.74, 6) is -3.63. The monoisotopic (exact) mass is 328 g/mol. The van der Waals surface area contributed by atoms with E-state index in [0.717, 1.165) is 0 Å².